The molecule has 0 aliphatic carbocycles. The minimum Gasteiger partial charge on any atom is -0.361 e. The topological polar surface area (TPSA) is 73.0 Å². The third-order valence-electron chi connectivity index (χ3n) is 3.64. The predicted octanol–water partition coefficient (Wildman–Crippen LogP) is 3.11. The van der Waals surface area contributed by atoms with Gasteiger partial charge in [0.1, 0.15) is 17.3 Å². The summed E-state index contributed by atoms with van der Waals surface area (Å²) in [4.78, 5) is 12.1. The summed E-state index contributed by atoms with van der Waals surface area (Å²) in [6, 6.07) is 5.96. The van der Waals surface area contributed by atoms with Gasteiger partial charge >= 0.3 is 0 Å². The van der Waals surface area contributed by atoms with E-state index < -0.39 is 5.82 Å². The van der Waals surface area contributed by atoms with E-state index in [0.717, 1.165) is 5.56 Å². The van der Waals surface area contributed by atoms with Crippen molar-refractivity contribution in [3.05, 3.63) is 65.1 Å². The summed E-state index contributed by atoms with van der Waals surface area (Å²) in [5.41, 5.74) is 2.15. The van der Waals surface area contributed by atoms with Crippen molar-refractivity contribution in [3.8, 4) is 5.69 Å². The molecule has 0 saturated heterocycles. The van der Waals surface area contributed by atoms with Gasteiger partial charge in [0.2, 0.25) is 0 Å². The van der Waals surface area contributed by atoms with Crippen LogP contribution in [-0.4, -0.2) is 20.8 Å². The first-order valence-electron chi connectivity index (χ1n) is 7.49. The molecule has 0 radical (unpaired) electrons. The van der Waals surface area contributed by atoms with Crippen LogP contribution < -0.4 is 5.32 Å². The molecule has 0 spiro atoms. The average molecular weight is 328 g/mol. The molecule has 3 rings (SSSR count). The van der Waals surface area contributed by atoms with Gasteiger partial charge in [0, 0.05) is 12.3 Å². The van der Waals surface area contributed by atoms with Gasteiger partial charge < -0.3 is 9.84 Å². The minimum atomic E-state index is -0.408. The van der Waals surface area contributed by atoms with Crippen LogP contribution in [0.3, 0.4) is 0 Å². The molecule has 0 aliphatic rings. The molecule has 0 bridgehead atoms. The van der Waals surface area contributed by atoms with Crippen LogP contribution in [0.25, 0.3) is 5.69 Å². The van der Waals surface area contributed by atoms with E-state index in [1.807, 2.05) is 6.92 Å². The third-order valence-corrected chi connectivity index (χ3v) is 3.64. The number of nitrogens with zero attached hydrogens (tertiary/aromatic N) is 3. The van der Waals surface area contributed by atoms with Crippen LogP contribution in [0.15, 0.2) is 41.2 Å². The quantitative estimate of drug-likeness (QED) is 0.799. The van der Waals surface area contributed by atoms with E-state index in [-0.39, 0.29) is 17.6 Å². The standard InChI is InChI=1S/C17H17FN4O2/c1-10-8-19-22(9-10)16-5-4-13(7-14(16)18)12(3)20-17(23)15-6-11(2)24-21-15/h4-9,12H,1-3H3,(H,20,23). The first-order chi connectivity index (χ1) is 11.4. The fraction of sp³-hybridized carbons (Fsp3) is 0.235. The first kappa shape index (κ1) is 15.9. The molecular weight excluding hydrogens is 311 g/mol. The van der Waals surface area contributed by atoms with E-state index in [9.17, 15) is 9.18 Å². The lowest BCUT2D eigenvalue weighted by molar-refractivity contribution is 0.0930. The Morgan fingerprint density at radius 2 is 2.12 bits per heavy atom. The van der Waals surface area contributed by atoms with Gasteiger partial charge in [-0.15, -0.1) is 0 Å². The molecular formula is C17H17FN4O2. The summed E-state index contributed by atoms with van der Waals surface area (Å²) in [7, 11) is 0. The van der Waals surface area contributed by atoms with E-state index in [0.29, 0.717) is 17.0 Å². The van der Waals surface area contributed by atoms with Crippen LogP contribution in [-0.2, 0) is 0 Å². The maximum atomic E-state index is 14.4. The van der Waals surface area contributed by atoms with Gasteiger partial charge in [-0.1, -0.05) is 11.2 Å². The van der Waals surface area contributed by atoms with Crippen LogP contribution in [0.5, 0.6) is 0 Å². The summed E-state index contributed by atoms with van der Waals surface area (Å²) < 4.78 is 20.7. The number of benzene rings is 1. The highest BCUT2D eigenvalue weighted by Gasteiger charge is 2.16. The number of nitrogens with one attached hydrogen (secondary N) is 1. The molecule has 124 valence electrons. The number of hydrogen-bond donors (Lipinski definition) is 1. The van der Waals surface area contributed by atoms with Crippen LogP contribution in [0.1, 0.15) is 40.3 Å². The number of rotatable bonds is 4. The number of carbonyl (C=O) groups is 1. The lowest BCUT2D eigenvalue weighted by atomic mass is 10.1. The van der Waals surface area contributed by atoms with Crippen molar-refractivity contribution in [2.24, 2.45) is 0 Å². The Hall–Kier alpha value is -2.96. The molecule has 1 amide bonds. The van der Waals surface area contributed by atoms with Gasteiger partial charge in [-0.2, -0.15) is 5.10 Å². The van der Waals surface area contributed by atoms with Crippen molar-refractivity contribution in [2.75, 3.05) is 0 Å². The molecule has 6 nitrogen and oxygen atoms in total. The van der Waals surface area contributed by atoms with Crippen molar-refractivity contribution < 1.29 is 13.7 Å². The van der Waals surface area contributed by atoms with E-state index in [2.05, 4.69) is 15.6 Å². The second-order valence-electron chi connectivity index (χ2n) is 5.69. The normalized spacial score (nSPS) is 12.2. The Kier molecular flexibility index (Phi) is 4.16. The van der Waals surface area contributed by atoms with Crippen molar-refractivity contribution >= 4 is 5.91 Å². The van der Waals surface area contributed by atoms with Gasteiger partial charge in [0.15, 0.2) is 5.69 Å². The number of carbonyl (C=O) groups excluding carboxylic acids is 1. The molecule has 7 heteroatoms. The molecule has 1 unspecified atom stereocenters. The van der Waals surface area contributed by atoms with Crippen LogP contribution in [0, 0.1) is 19.7 Å². The summed E-state index contributed by atoms with van der Waals surface area (Å²) in [6.07, 6.45) is 3.41. The predicted molar refractivity (Wildman–Crippen MR) is 85.4 cm³/mol. The monoisotopic (exact) mass is 328 g/mol. The highest BCUT2D eigenvalue weighted by atomic mass is 19.1. The van der Waals surface area contributed by atoms with Gasteiger partial charge in [-0.25, -0.2) is 9.07 Å². The number of amides is 1. The molecule has 3 aromatic rings. The number of aryl methyl sites for hydroxylation is 2. The smallest absolute Gasteiger partial charge is 0.273 e. The Labute approximate surface area is 138 Å². The van der Waals surface area contributed by atoms with E-state index >= 15 is 0 Å². The van der Waals surface area contributed by atoms with Crippen LogP contribution in [0.2, 0.25) is 0 Å². The molecule has 0 fully saturated rings. The first-order valence-corrected chi connectivity index (χ1v) is 7.49. The zero-order valence-electron chi connectivity index (χ0n) is 13.6. The van der Waals surface area contributed by atoms with E-state index in [4.69, 9.17) is 4.52 Å². The number of hydrogen-bond acceptors (Lipinski definition) is 4. The second-order valence-corrected chi connectivity index (χ2v) is 5.69. The highest BCUT2D eigenvalue weighted by molar-refractivity contribution is 5.92. The fourth-order valence-corrected chi connectivity index (χ4v) is 2.35. The molecule has 1 atom stereocenters. The van der Waals surface area contributed by atoms with Crippen molar-refractivity contribution in [2.45, 2.75) is 26.8 Å². The molecule has 2 heterocycles. The van der Waals surface area contributed by atoms with Crippen LogP contribution in [0.4, 0.5) is 4.39 Å². The van der Waals surface area contributed by atoms with E-state index in [1.165, 1.54) is 10.7 Å². The molecule has 1 aromatic carbocycles. The average Bonchev–Trinajstić information content (AvgIpc) is 3.15. The Morgan fingerprint density at radius 3 is 2.71 bits per heavy atom. The van der Waals surface area contributed by atoms with Crippen LogP contribution >= 0.6 is 0 Å². The minimum absolute atomic E-state index is 0.198. The van der Waals surface area contributed by atoms with Crippen molar-refractivity contribution in [1.29, 1.82) is 0 Å². The second kappa shape index (κ2) is 6.27. The zero-order chi connectivity index (χ0) is 17.3. The molecule has 0 aliphatic heterocycles. The highest BCUT2D eigenvalue weighted by Crippen LogP contribution is 2.20. The van der Waals surface area contributed by atoms with Crippen molar-refractivity contribution in [3.63, 3.8) is 0 Å². The van der Waals surface area contributed by atoms with Gasteiger partial charge in [0.05, 0.1) is 12.2 Å². The zero-order valence-corrected chi connectivity index (χ0v) is 13.6. The lowest BCUT2D eigenvalue weighted by Gasteiger charge is -2.14. The number of halogens is 1. The molecule has 0 saturated carbocycles. The summed E-state index contributed by atoms with van der Waals surface area (Å²) >= 11 is 0. The largest absolute Gasteiger partial charge is 0.361 e. The molecule has 24 heavy (non-hydrogen) atoms. The summed E-state index contributed by atoms with van der Waals surface area (Å²) in [5, 5.41) is 10.5. The third kappa shape index (κ3) is 3.19. The maximum Gasteiger partial charge on any atom is 0.273 e. The van der Waals surface area contributed by atoms with Gasteiger partial charge in [0.25, 0.3) is 5.91 Å². The Bertz CT molecular complexity index is 884. The fourth-order valence-electron chi connectivity index (χ4n) is 2.35. The van der Waals surface area contributed by atoms with Crippen molar-refractivity contribution in [1.82, 2.24) is 20.3 Å². The summed E-state index contributed by atoms with van der Waals surface area (Å²) in [6.45, 7) is 5.37. The SMILES string of the molecule is Cc1cnn(-c2ccc(C(C)NC(=O)c3cc(C)on3)cc2F)c1. The Balaban J connectivity index is 1.77. The maximum absolute atomic E-state index is 14.4. The van der Waals surface area contributed by atoms with Gasteiger partial charge in [-0.05, 0) is 44.0 Å². The summed E-state index contributed by atoms with van der Waals surface area (Å²) in [5.74, 6) is -0.224. The molecule has 2 aromatic heterocycles. The molecule has 1 N–H and O–H groups in total. The Morgan fingerprint density at radius 1 is 1.33 bits per heavy atom. The van der Waals surface area contributed by atoms with E-state index in [1.54, 1.807) is 44.4 Å². The van der Waals surface area contributed by atoms with Gasteiger partial charge in [-0.3, -0.25) is 4.79 Å². The number of aromatic nitrogens is 3. The lowest BCUT2D eigenvalue weighted by Crippen LogP contribution is -2.27.